The van der Waals surface area contributed by atoms with E-state index in [1.807, 2.05) is 44.2 Å². The molecule has 1 aliphatic rings. The van der Waals surface area contributed by atoms with Gasteiger partial charge in [0.25, 0.3) is 5.91 Å². The molecule has 5 heteroatoms. The monoisotopic (exact) mass is 285 g/mol. The molecular weight excluding hydrogens is 266 g/mol. The number of likely N-dealkylation sites (tertiary alicyclic amines) is 1. The number of amides is 1. The molecule has 1 saturated heterocycles. The third-order valence-electron chi connectivity index (χ3n) is 4.18. The van der Waals surface area contributed by atoms with E-state index in [9.17, 15) is 9.90 Å². The SMILES string of the molecule is CC(C)C1(O)CN(C(=O)c2cncn2-c2ccccc2)C1. The molecule has 0 bridgehead atoms. The normalized spacial score (nSPS) is 16.9. The van der Waals surface area contributed by atoms with Crippen molar-refractivity contribution in [2.45, 2.75) is 19.4 Å². The first-order valence-electron chi connectivity index (χ1n) is 7.11. The molecule has 3 rings (SSSR count). The molecule has 1 aromatic carbocycles. The molecule has 2 aromatic rings. The van der Waals surface area contributed by atoms with E-state index in [4.69, 9.17) is 0 Å². The van der Waals surface area contributed by atoms with E-state index in [1.165, 1.54) is 0 Å². The predicted octanol–water partition coefficient (Wildman–Crippen LogP) is 1.72. The van der Waals surface area contributed by atoms with Gasteiger partial charge in [-0.3, -0.25) is 9.36 Å². The zero-order chi connectivity index (χ0) is 15.0. The molecule has 0 spiro atoms. The minimum Gasteiger partial charge on any atom is -0.386 e. The van der Waals surface area contributed by atoms with Crippen molar-refractivity contribution in [2.75, 3.05) is 13.1 Å². The topological polar surface area (TPSA) is 58.4 Å². The summed E-state index contributed by atoms with van der Waals surface area (Å²) in [6.07, 6.45) is 3.21. The zero-order valence-corrected chi connectivity index (χ0v) is 12.2. The molecule has 21 heavy (non-hydrogen) atoms. The molecule has 1 N–H and O–H groups in total. The highest BCUT2D eigenvalue weighted by Crippen LogP contribution is 2.30. The fraction of sp³-hybridized carbons (Fsp3) is 0.375. The molecule has 0 saturated carbocycles. The number of rotatable bonds is 3. The van der Waals surface area contributed by atoms with Crippen molar-refractivity contribution in [1.29, 1.82) is 0 Å². The van der Waals surface area contributed by atoms with Crippen LogP contribution in [0.15, 0.2) is 42.9 Å². The summed E-state index contributed by atoms with van der Waals surface area (Å²) in [7, 11) is 0. The van der Waals surface area contributed by atoms with Crippen LogP contribution in [0.25, 0.3) is 5.69 Å². The summed E-state index contributed by atoms with van der Waals surface area (Å²) in [5, 5.41) is 10.3. The number of benzene rings is 1. The number of carbonyl (C=O) groups excluding carboxylic acids is 1. The Bertz CT molecular complexity index is 643. The second kappa shape index (κ2) is 5.00. The van der Waals surface area contributed by atoms with Gasteiger partial charge in [0, 0.05) is 5.69 Å². The lowest BCUT2D eigenvalue weighted by atomic mass is 9.83. The number of β-amino-alcohol motifs (C(OH)–C–C–N with tert-alkyl or cyclic N) is 1. The molecule has 5 nitrogen and oxygen atoms in total. The van der Waals surface area contributed by atoms with E-state index in [0.29, 0.717) is 18.8 Å². The fourth-order valence-corrected chi connectivity index (χ4v) is 2.53. The highest BCUT2D eigenvalue weighted by molar-refractivity contribution is 5.93. The highest BCUT2D eigenvalue weighted by atomic mass is 16.3. The van der Waals surface area contributed by atoms with Gasteiger partial charge in [0.15, 0.2) is 0 Å². The Kier molecular flexibility index (Phi) is 3.29. The molecule has 0 aliphatic carbocycles. The smallest absolute Gasteiger partial charge is 0.272 e. The van der Waals surface area contributed by atoms with Gasteiger partial charge in [0.05, 0.1) is 25.6 Å². The van der Waals surface area contributed by atoms with E-state index in [1.54, 1.807) is 22.0 Å². The first-order valence-corrected chi connectivity index (χ1v) is 7.11. The average Bonchev–Trinajstić information content (AvgIpc) is 2.93. The summed E-state index contributed by atoms with van der Waals surface area (Å²) in [5.74, 6) is 0.0438. The van der Waals surface area contributed by atoms with Crippen molar-refractivity contribution in [1.82, 2.24) is 14.5 Å². The van der Waals surface area contributed by atoms with E-state index in [0.717, 1.165) is 5.69 Å². The van der Waals surface area contributed by atoms with Gasteiger partial charge in [-0.15, -0.1) is 0 Å². The first kappa shape index (κ1) is 13.8. The van der Waals surface area contributed by atoms with Crippen LogP contribution in [0.3, 0.4) is 0 Å². The van der Waals surface area contributed by atoms with Crippen LogP contribution in [-0.2, 0) is 0 Å². The van der Waals surface area contributed by atoms with Crippen molar-refractivity contribution in [3.63, 3.8) is 0 Å². The molecule has 0 radical (unpaired) electrons. The predicted molar refractivity (Wildman–Crippen MR) is 79.3 cm³/mol. The molecule has 0 unspecified atom stereocenters. The summed E-state index contributed by atoms with van der Waals surface area (Å²) in [6, 6.07) is 9.63. The standard InChI is InChI=1S/C16H19N3O2/c1-12(2)16(21)9-18(10-16)15(20)14-8-17-11-19(14)13-6-4-3-5-7-13/h3-8,11-12,21H,9-10H2,1-2H3. The van der Waals surface area contributed by atoms with Crippen molar-refractivity contribution in [3.8, 4) is 5.69 Å². The lowest BCUT2D eigenvalue weighted by Gasteiger charge is -2.48. The molecule has 1 amide bonds. The Labute approximate surface area is 123 Å². The second-order valence-corrected chi connectivity index (χ2v) is 5.90. The maximum absolute atomic E-state index is 12.5. The molecule has 1 aromatic heterocycles. The maximum atomic E-state index is 12.5. The molecule has 110 valence electrons. The molecular formula is C16H19N3O2. The van der Waals surface area contributed by atoms with Crippen molar-refractivity contribution in [3.05, 3.63) is 48.5 Å². The largest absolute Gasteiger partial charge is 0.386 e. The quantitative estimate of drug-likeness (QED) is 0.934. The van der Waals surface area contributed by atoms with Gasteiger partial charge < -0.3 is 10.0 Å². The van der Waals surface area contributed by atoms with Crippen LogP contribution in [0.2, 0.25) is 0 Å². The first-order chi connectivity index (χ1) is 10.0. The number of aromatic nitrogens is 2. The third-order valence-corrected chi connectivity index (χ3v) is 4.18. The number of para-hydroxylation sites is 1. The summed E-state index contributed by atoms with van der Waals surface area (Å²) >= 11 is 0. The minimum absolute atomic E-state index is 0.0957. The van der Waals surface area contributed by atoms with Crippen LogP contribution in [-0.4, -0.2) is 44.2 Å². The van der Waals surface area contributed by atoms with E-state index >= 15 is 0 Å². The number of carbonyl (C=O) groups is 1. The number of nitrogens with zero attached hydrogens (tertiary/aromatic N) is 3. The van der Waals surface area contributed by atoms with Gasteiger partial charge in [-0.25, -0.2) is 4.98 Å². The van der Waals surface area contributed by atoms with Crippen LogP contribution in [0.5, 0.6) is 0 Å². The van der Waals surface area contributed by atoms with E-state index in [-0.39, 0.29) is 11.8 Å². The van der Waals surface area contributed by atoms with Crippen LogP contribution in [0.4, 0.5) is 0 Å². The molecule has 2 heterocycles. The number of hydrogen-bond acceptors (Lipinski definition) is 3. The van der Waals surface area contributed by atoms with Gasteiger partial charge in [-0.2, -0.15) is 0 Å². The second-order valence-electron chi connectivity index (χ2n) is 5.90. The van der Waals surface area contributed by atoms with Crippen LogP contribution < -0.4 is 0 Å². The van der Waals surface area contributed by atoms with Gasteiger partial charge in [-0.05, 0) is 18.1 Å². The van der Waals surface area contributed by atoms with Crippen LogP contribution >= 0.6 is 0 Å². The number of imidazole rings is 1. The Morgan fingerprint density at radius 2 is 1.95 bits per heavy atom. The maximum Gasteiger partial charge on any atom is 0.272 e. The van der Waals surface area contributed by atoms with Gasteiger partial charge in [0.1, 0.15) is 11.3 Å². The van der Waals surface area contributed by atoms with Gasteiger partial charge >= 0.3 is 0 Å². The van der Waals surface area contributed by atoms with Crippen molar-refractivity contribution in [2.24, 2.45) is 5.92 Å². The fourth-order valence-electron chi connectivity index (χ4n) is 2.53. The summed E-state index contributed by atoms with van der Waals surface area (Å²) in [5.41, 5.74) is 0.665. The Hall–Kier alpha value is -2.14. The van der Waals surface area contributed by atoms with E-state index in [2.05, 4.69) is 4.98 Å². The molecule has 1 fully saturated rings. The lowest BCUT2D eigenvalue weighted by molar-refractivity contribution is -0.111. The highest BCUT2D eigenvalue weighted by Gasteiger charge is 2.46. The van der Waals surface area contributed by atoms with Gasteiger partial charge in [0.2, 0.25) is 0 Å². The minimum atomic E-state index is -0.757. The zero-order valence-electron chi connectivity index (χ0n) is 12.2. The number of hydrogen-bond donors (Lipinski definition) is 1. The Balaban J connectivity index is 1.81. The molecule has 0 atom stereocenters. The Morgan fingerprint density at radius 1 is 1.29 bits per heavy atom. The number of aliphatic hydroxyl groups is 1. The summed E-state index contributed by atoms with van der Waals surface area (Å²) < 4.78 is 1.77. The van der Waals surface area contributed by atoms with Crippen molar-refractivity contribution >= 4 is 5.91 Å². The third kappa shape index (κ3) is 2.34. The van der Waals surface area contributed by atoms with E-state index < -0.39 is 5.60 Å². The summed E-state index contributed by atoms with van der Waals surface area (Å²) in [4.78, 5) is 18.3. The van der Waals surface area contributed by atoms with Crippen LogP contribution in [0, 0.1) is 5.92 Å². The van der Waals surface area contributed by atoms with Crippen molar-refractivity contribution < 1.29 is 9.90 Å². The van der Waals surface area contributed by atoms with Crippen LogP contribution in [0.1, 0.15) is 24.3 Å². The average molecular weight is 285 g/mol. The lowest BCUT2D eigenvalue weighted by Crippen LogP contribution is -2.66. The Morgan fingerprint density at radius 3 is 2.57 bits per heavy atom. The molecule has 1 aliphatic heterocycles. The summed E-state index contributed by atoms with van der Waals surface area (Å²) in [6.45, 7) is 4.69. The van der Waals surface area contributed by atoms with Gasteiger partial charge in [-0.1, -0.05) is 32.0 Å².